The third kappa shape index (κ3) is 7.03. The topological polar surface area (TPSA) is 53.2 Å². The smallest absolute Gasteiger partial charge is 0.248 e. The van der Waals surface area contributed by atoms with Gasteiger partial charge in [0.1, 0.15) is 0 Å². The van der Waals surface area contributed by atoms with E-state index in [0.717, 1.165) is 11.1 Å². The second-order valence-electron chi connectivity index (χ2n) is 5.51. The normalized spacial score (nSPS) is 11.5. The Morgan fingerprint density at radius 2 is 1.88 bits per heavy atom. The molecule has 138 valence electrons. The fraction of sp³-hybridized carbons (Fsp3) is 0.222. The number of thioether (sulfide) groups is 1. The van der Waals surface area contributed by atoms with E-state index in [4.69, 9.17) is 35.4 Å². The number of hydrogen-bond donors (Lipinski definition) is 3. The third-order valence-electron chi connectivity index (χ3n) is 3.47. The van der Waals surface area contributed by atoms with E-state index in [1.165, 1.54) is 11.8 Å². The van der Waals surface area contributed by atoms with E-state index < -0.39 is 0 Å². The fourth-order valence-corrected chi connectivity index (χ4v) is 3.73. The predicted molar refractivity (Wildman–Crippen MR) is 114 cm³/mol. The van der Waals surface area contributed by atoms with Gasteiger partial charge in [-0.3, -0.25) is 15.6 Å². The summed E-state index contributed by atoms with van der Waals surface area (Å²) in [7, 11) is 0. The average Bonchev–Trinajstić information content (AvgIpc) is 2.62. The number of amides is 1. The molecule has 0 bridgehead atoms. The van der Waals surface area contributed by atoms with Gasteiger partial charge in [-0.1, -0.05) is 59.6 Å². The van der Waals surface area contributed by atoms with Gasteiger partial charge in [-0.2, -0.15) is 0 Å². The zero-order valence-electron chi connectivity index (χ0n) is 14.1. The van der Waals surface area contributed by atoms with Crippen LogP contribution in [0.5, 0.6) is 0 Å². The maximum Gasteiger partial charge on any atom is 0.248 e. The Morgan fingerprint density at radius 1 is 1.15 bits per heavy atom. The molecule has 3 N–H and O–H groups in total. The highest BCUT2D eigenvalue weighted by Crippen LogP contribution is 2.24. The molecule has 0 aliphatic rings. The Hall–Kier alpha value is -1.47. The first kappa shape index (κ1) is 20.8. The van der Waals surface area contributed by atoms with E-state index in [-0.39, 0.29) is 17.7 Å². The molecule has 0 aliphatic carbocycles. The van der Waals surface area contributed by atoms with Gasteiger partial charge >= 0.3 is 0 Å². The summed E-state index contributed by atoms with van der Waals surface area (Å²) in [6.07, 6.45) is 0. The maximum absolute atomic E-state index is 11.9. The average molecular weight is 428 g/mol. The van der Waals surface area contributed by atoms with Crippen LogP contribution in [0.2, 0.25) is 10.0 Å². The molecule has 4 nitrogen and oxygen atoms in total. The molecule has 2 aromatic carbocycles. The molecule has 0 fully saturated rings. The molecule has 8 heteroatoms. The van der Waals surface area contributed by atoms with E-state index >= 15 is 0 Å². The lowest BCUT2D eigenvalue weighted by molar-refractivity contribution is -0.119. The fourth-order valence-electron chi connectivity index (χ4n) is 2.11. The lowest BCUT2D eigenvalue weighted by Crippen LogP contribution is -2.47. The quantitative estimate of drug-likeness (QED) is 0.468. The van der Waals surface area contributed by atoms with Crippen molar-refractivity contribution in [3.8, 4) is 0 Å². The van der Waals surface area contributed by atoms with Crippen LogP contribution in [0.15, 0.2) is 48.5 Å². The minimum Gasteiger partial charge on any atom is -0.355 e. The van der Waals surface area contributed by atoms with E-state index in [2.05, 4.69) is 16.2 Å². The van der Waals surface area contributed by atoms with Crippen molar-refractivity contribution >= 4 is 58.2 Å². The zero-order chi connectivity index (χ0) is 18.9. The van der Waals surface area contributed by atoms with Gasteiger partial charge in [-0.15, -0.1) is 11.8 Å². The molecule has 0 aromatic heterocycles. The Kier molecular flexibility index (Phi) is 8.51. The molecule has 0 saturated heterocycles. The highest BCUT2D eigenvalue weighted by atomic mass is 35.5. The van der Waals surface area contributed by atoms with Crippen LogP contribution in [-0.4, -0.2) is 16.8 Å². The molecular formula is C18H19Cl2N3OS2. The molecule has 1 amide bonds. The molecule has 0 saturated carbocycles. The number of hydrazine groups is 1. The van der Waals surface area contributed by atoms with Crippen molar-refractivity contribution in [1.29, 1.82) is 0 Å². The maximum atomic E-state index is 11.9. The summed E-state index contributed by atoms with van der Waals surface area (Å²) in [4.78, 5) is 11.9. The third-order valence-corrected chi connectivity index (χ3v) is 5.26. The SMILES string of the molecule is CC(NC(=S)NNC(=O)CSCc1ccc(Cl)cc1Cl)c1ccccc1. The number of carbonyl (C=O) groups is 1. The molecule has 2 rings (SSSR count). The van der Waals surface area contributed by atoms with Gasteiger partial charge in [0, 0.05) is 15.8 Å². The van der Waals surface area contributed by atoms with Gasteiger partial charge in [0.25, 0.3) is 0 Å². The molecule has 26 heavy (non-hydrogen) atoms. The minimum atomic E-state index is -0.170. The van der Waals surface area contributed by atoms with Crippen molar-refractivity contribution < 1.29 is 4.79 Å². The molecular weight excluding hydrogens is 409 g/mol. The first-order valence-corrected chi connectivity index (χ1v) is 10.2. The Labute approximate surface area is 173 Å². The van der Waals surface area contributed by atoms with E-state index in [0.29, 0.717) is 20.9 Å². The number of carbonyl (C=O) groups excluding carboxylic acids is 1. The molecule has 1 atom stereocenters. The van der Waals surface area contributed by atoms with Crippen LogP contribution in [0.3, 0.4) is 0 Å². The van der Waals surface area contributed by atoms with E-state index in [9.17, 15) is 4.79 Å². The number of hydrogen-bond acceptors (Lipinski definition) is 3. The summed E-state index contributed by atoms with van der Waals surface area (Å²) >= 11 is 18.6. The second kappa shape index (κ2) is 10.6. The van der Waals surface area contributed by atoms with E-state index in [1.807, 2.05) is 43.3 Å². The van der Waals surface area contributed by atoms with Gasteiger partial charge in [0.15, 0.2) is 5.11 Å². The number of thiocarbonyl (C=S) groups is 1. The van der Waals surface area contributed by atoms with Crippen LogP contribution < -0.4 is 16.2 Å². The minimum absolute atomic E-state index is 0.0366. The molecule has 1 unspecified atom stereocenters. The van der Waals surface area contributed by atoms with Gasteiger partial charge in [0.2, 0.25) is 5.91 Å². The molecule has 0 spiro atoms. The van der Waals surface area contributed by atoms with Crippen molar-refractivity contribution in [2.75, 3.05) is 5.75 Å². The summed E-state index contributed by atoms with van der Waals surface area (Å²) < 4.78 is 0. The van der Waals surface area contributed by atoms with Crippen molar-refractivity contribution in [3.05, 3.63) is 69.7 Å². The van der Waals surface area contributed by atoms with Crippen LogP contribution in [0.4, 0.5) is 0 Å². The largest absolute Gasteiger partial charge is 0.355 e. The first-order chi connectivity index (χ1) is 12.5. The van der Waals surface area contributed by atoms with Crippen LogP contribution in [0, 0.1) is 0 Å². The first-order valence-electron chi connectivity index (χ1n) is 7.87. The summed E-state index contributed by atoms with van der Waals surface area (Å²) in [5.74, 6) is 0.733. The summed E-state index contributed by atoms with van der Waals surface area (Å²) in [6, 6.07) is 15.3. The molecule has 0 radical (unpaired) electrons. The van der Waals surface area contributed by atoms with Crippen LogP contribution >= 0.6 is 47.2 Å². The molecule has 0 heterocycles. The van der Waals surface area contributed by atoms with Crippen molar-refractivity contribution in [1.82, 2.24) is 16.2 Å². The lowest BCUT2D eigenvalue weighted by Gasteiger charge is -2.17. The number of benzene rings is 2. The standard InChI is InChI=1S/C18H19Cl2N3OS2/c1-12(13-5-3-2-4-6-13)21-18(25)23-22-17(24)11-26-10-14-7-8-15(19)9-16(14)20/h2-9,12H,10-11H2,1H3,(H,22,24)(H2,21,23,25). The van der Waals surface area contributed by atoms with E-state index in [1.54, 1.807) is 12.1 Å². The Morgan fingerprint density at radius 3 is 2.58 bits per heavy atom. The number of nitrogens with one attached hydrogen (secondary N) is 3. The monoisotopic (exact) mass is 427 g/mol. The summed E-state index contributed by atoms with van der Waals surface area (Å²) in [6.45, 7) is 2.00. The summed E-state index contributed by atoms with van der Waals surface area (Å²) in [5.41, 5.74) is 7.35. The summed E-state index contributed by atoms with van der Waals surface area (Å²) in [5, 5.41) is 4.67. The van der Waals surface area contributed by atoms with Crippen molar-refractivity contribution in [2.24, 2.45) is 0 Å². The molecule has 0 aliphatic heterocycles. The second-order valence-corrected chi connectivity index (χ2v) is 7.75. The van der Waals surface area contributed by atoms with Gasteiger partial charge in [-0.25, -0.2) is 0 Å². The zero-order valence-corrected chi connectivity index (χ0v) is 17.2. The predicted octanol–water partition coefficient (Wildman–Crippen LogP) is 4.48. The Balaban J connectivity index is 1.67. The van der Waals surface area contributed by atoms with Crippen molar-refractivity contribution in [2.45, 2.75) is 18.7 Å². The highest BCUT2D eigenvalue weighted by Gasteiger charge is 2.08. The highest BCUT2D eigenvalue weighted by molar-refractivity contribution is 7.99. The Bertz CT molecular complexity index is 759. The van der Waals surface area contributed by atoms with Gasteiger partial charge in [0.05, 0.1) is 11.8 Å². The van der Waals surface area contributed by atoms with Crippen LogP contribution in [0.1, 0.15) is 24.1 Å². The molecule has 2 aromatic rings. The number of halogens is 2. The van der Waals surface area contributed by atoms with Gasteiger partial charge in [-0.05, 0) is 42.4 Å². The van der Waals surface area contributed by atoms with Crippen molar-refractivity contribution in [3.63, 3.8) is 0 Å². The van der Waals surface area contributed by atoms with Gasteiger partial charge < -0.3 is 5.32 Å². The number of rotatable bonds is 6. The lowest BCUT2D eigenvalue weighted by atomic mass is 10.1. The van der Waals surface area contributed by atoms with Crippen LogP contribution in [0.25, 0.3) is 0 Å². The van der Waals surface area contributed by atoms with Crippen LogP contribution in [-0.2, 0) is 10.5 Å².